The molecule has 0 spiro atoms. The van der Waals surface area contributed by atoms with Crippen molar-refractivity contribution >= 4 is 75.2 Å². The van der Waals surface area contributed by atoms with E-state index in [-0.39, 0.29) is 67.0 Å². The van der Waals surface area contributed by atoms with E-state index in [1.165, 1.54) is 51.8 Å². The summed E-state index contributed by atoms with van der Waals surface area (Å²) >= 11 is 25.6. The molecule has 6 rings (SSSR count). The minimum Gasteiger partial charge on any atom is -1.00 e. The van der Waals surface area contributed by atoms with Crippen LogP contribution in [0.1, 0.15) is 66.5 Å². The minimum atomic E-state index is -0.463. The molecule has 4 heterocycles. The molecule has 15 nitrogen and oxygen atoms in total. The van der Waals surface area contributed by atoms with Gasteiger partial charge < -0.3 is 39.5 Å². The Morgan fingerprint density at radius 1 is 0.800 bits per heavy atom. The predicted octanol–water partition coefficient (Wildman–Crippen LogP) is 5.14. The number of hydrogen-bond donors (Lipinski definition) is 6. The number of aromatic nitrogens is 6. The Morgan fingerprint density at radius 2 is 1.20 bits per heavy atom. The van der Waals surface area contributed by atoms with Crippen molar-refractivity contribution in [1.82, 2.24) is 29.2 Å². The van der Waals surface area contributed by atoms with Crippen LogP contribution in [0.4, 0.5) is 20.4 Å². The Balaban J connectivity index is 0.000000386. The van der Waals surface area contributed by atoms with Crippen molar-refractivity contribution in [2.45, 2.75) is 67.5 Å². The van der Waals surface area contributed by atoms with E-state index >= 15 is 0 Å². The van der Waals surface area contributed by atoms with Gasteiger partial charge in [-0.05, 0) is 61.1 Å². The molecule has 0 saturated heterocycles. The van der Waals surface area contributed by atoms with Crippen molar-refractivity contribution in [2.24, 2.45) is 21.7 Å². The van der Waals surface area contributed by atoms with Crippen LogP contribution in [-0.4, -0.2) is 63.0 Å². The molecular formula is C38H45Cl5F2N12O3. The standard InChI is InChI=1S/C19H21Cl2FN6O.C19H18Cl2FN5.ClH.H4NO.H2O/c1-9(19(2,3)4)25-18-14(11-6-5-10(22)7-13(11)20)15(21)26-17-12(16(23)27-29)8-24-28(17)18;1-10(19(2,3)4)25-18-15(13-6-5-12(22)7-14(13)20)16(21)26-17-11(8-23)9-24-27(17)18;;1-2;/h5-9,25,29H,1-4H3,(H2,23,27);5-7,9-10,25H,1-4H3;1H;2H,1H3;1H2/q;;;+1;/p-1. The van der Waals surface area contributed by atoms with Crippen LogP contribution in [0, 0.1) is 33.8 Å². The van der Waals surface area contributed by atoms with Gasteiger partial charge in [-0.25, -0.2) is 29.9 Å². The highest BCUT2D eigenvalue weighted by molar-refractivity contribution is 6.37. The molecule has 0 amide bonds. The molecule has 6 aromatic rings. The van der Waals surface area contributed by atoms with E-state index in [1.54, 1.807) is 6.07 Å². The van der Waals surface area contributed by atoms with Crippen molar-refractivity contribution in [3.8, 4) is 28.3 Å². The first kappa shape index (κ1) is 51.4. The summed E-state index contributed by atoms with van der Waals surface area (Å²) in [6, 6.07) is 10.2. The Labute approximate surface area is 371 Å². The largest absolute Gasteiger partial charge is 1.00 e. The second-order valence-corrected chi connectivity index (χ2v) is 16.7. The molecule has 0 radical (unpaired) electrons. The number of nitrogens with two attached hydrogens (primary N) is 1. The van der Waals surface area contributed by atoms with Crippen molar-refractivity contribution in [1.29, 1.82) is 5.26 Å². The topological polar surface area (TPSA) is 246 Å². The molecule has 22 heteroatoms. The van der Waals surface area contributed by atoms with Crippen molar-refractivity contribution in [3.05, 3.63) is 91.9 Å². The Kier molecular flexibility index (Phi) is 17.7. The van der Waals surface area contributed by atoms with E-state index in [1.807, 2.05) is 13.8 Å². The summed E-state index contributed by atoms with van der Waals surface area (Å²) < 4.78 is 30.2. The van der Waals surface area contributed by atoms with Crippen LogP contribution in [0.3, 0.4) is 0 Å². The van der Waals surface area contributed by atoms with Crippen LogP contribution < -0.4 is 34.7 Å². The second kappa shape index (κ2) is 20.7. The molecule has 0 aliphatic carbocycles. The molecule has 11 N–H and O–H groups in total. The number of nitriles is 1. The monoisotopic (exact) mass is 930 g/mol. The third kappa shape index (κ3) is 10.9. The summed E-state index contributed by atoms with van der Waals surface area (Å²) in [7, 11) is 0. The fourth-order valence-electron chi connectivity index (χ4n) is 5.22. The third-order valence-electron chi connectivity index (χ3n) is 9.42. The maximum absolute atomic E-state index is 13.6. The van der Waals surface area contributed by atoms with Crippen molar-refractivity contribution in [2.75, 3.05) is 10.6 Å². The summed E-state index contributed by atoms with van der Waals surface area (Å²) in [6.45, 7) is 16.6. The van der Waals surface area contributed by atoms with Gasteiger partial charge in [-0.1, -0.05) is 93.1 Å². The number of anilines is 2. The molecule has 0 saturated carbocycles. The number of fused-ring (bicyclic) bond motifs is 2. The number of rotatable bonds is 7. The van der Waals surface area contributed by atoms with Crippen LogP contribution in [-0.2, 0) is 0 Å². The molecule has 2 aromatic carbocycles. The summed E-state index contributed by atoms with van der Waals surface area (Å²) in [5.41, 5.74) is 8.82. The molecule has 2 atom stereocenters. The van der Waals surface area contributed by atoms with Gasteiger partial charge >= 0.3 is 0 Å². The lowest BCUT2D eigenvalue weighted by atomic mass is 9.88. The maximum Gasteiger partial charge on any atom is 0.176 e. The number of oxime groups is 1. The number of nitrogens with one attached hydrogen (secondary N) is 2. The SMILES string of the molecule is CC(Nc1c(-c2ccc(F)cc2Cl)c(Cl)nc2c(/C(N)=N/O)cnn12)C(C)(C)C.CC(Nc1c(-c2ccc(F)cc2Cl)c(Cl)nc2c(C#N)cnn12)C(C)(C)C.O.[Cl-].[NH3+]O. The van der Waals surface area contributed by atoms with Crippen molar-refractivity contribution < 1.29 is 43.0 Å². The van der Waals surface area contributed by atoms with Crippen LogP contribution >= 0.6 is 46.4 Å². The van der Waals surface area contributed by atoms with Gasteiger partial charge in [0.2, 0.25) is 0 Å². The van der Waals surface area contributed by atoms with Gasteiger partial charge in [0, 0.05) is 23.2 Å². The van der Waals surface area contributed by atoms with Gasteiger partial charge in [-0.3, -0.25) is 0 Å². The van der Waals surface area contributed by atoms with Crippen LogP contribution in [0.25, 0.3) is 33.5 Å². The molecule has 0 aliphatic rings. The van der Waals surface area contributed by atoms with Gasteiger partial charge in [0.25, 0.3) is 0 Å². The summed E-state index contributed by atoms with van der Waals surface area (Å²) in [4.78, 5) is 8.70. The highest BCUT2D eigenvalue weighted by Crippen LogP contribution is 2.42. The third-order valence-corrected chi connectivity index (χ3v) is 10.6. The minimum absolute atomic E-state index is 0. The Morgan fingerprint density at radius 3 is 1.58 bits per heavy atom. The normalized spacial score (nSPS) is 12.5. The van der Waals surface area contributed by atoms with Gasteiger partial charge in [0.1, 0.15) is 45.2 Å². The predicted molar refractivity (Wildman–Crippen MR) is 227 cm³/mol. The number of quaternary nitrogens is 1. The number of nitrogens with zero attached hydrogens (tertiary/aromatic N) is 8. The zero-order valence-corrected chi connectivity index (χ0v) is 37.5. The molecule has 60 heavy (non-hydrogen) atoms. The maximum atomic E-state index is 13.6. The van der Waals surface area contributed by atoms with E-state index in [0.717, 1.165) is 0 Å². The van der Waals surface area contributed by atoms with Crippen molar-refractivity contribution in [3.63, 3.8) is 0 Å². The van der Waals surface area contributed by atoms with E-state index in [9.17, 15) is 14.0 Å². The molecule has 2 unspecified atom stereocenters. The van der Waals surface area contributed by atoms with E-state index in [4.69, 9.17) is 62.6 Å². The second-order valence-electron chi connectivity index (χ2n) is 15.1. The van der Waals surface area contributed by atoms with E-state index in [2.05, 4.69) is 89.5 Å². The van der Waals surface area contributed by atoms with Crippen LogP contribution in [0.15, 0.2) is 53.9 Å². The van der Waals surface area contributed by atoms with Gasteiger partial charge in [-0.15, -0.1) is 0 Å². The van der Waals surface area contributed by atoms with Crippen LogP contribution in [0.2, 0.25) is 20.4 Å². The quantitative estimate of drug-likeness (QED) is 0.0405. The van der Waals surface area contributed by atoms with Gasteiger partial charge in [-0.2, -0.15) is 24.5 Å². The Bertz CT molecular complexity index is 2530. The smallest absolute Gasteiger partial charge is 0.176 e. The number of benzene rings is 2. The first-order chi connectivity index (χ1) is 27.2. The highest BCUT2D eigenvalue weighted by Gasteiger charge is 2.28. The average Bonchev–Trinajstić information content (AvgIpc) is 3.76. The molecule has 0 bridgehead atoms. The van der Waals surface area contributed by atoms with E-state index in [0.29, 0.717) is 56.3 Å². The zero-order chi connectivity index (χ0) is 43.4. The van der Waals surface area contributed by atoms with Gasteiger partial charge in [0.15, 0.2) is 17.1 Å². The first-order valence-corrected chi connectivity index (χ1v) is 19.0. The molecule has 0 aliphatic heterocycles. The lowest BCUT2D eigenvalue weighted by Gasteiger charge is -2.30. The lowest BCUT2D eigenvalue weighted by molar-refractivity contribution is -0.670. The fourth-order valence-corrected chi connectivity index (χ4v) is 6.28. The van der Waals surface area contributed by atoms with Crippen LogP contribution in [0.5, 0.6) is 0 Å². The highest BCUT2D eigenvalue weighted by atomic mass is 35.5. The summed E-state index contributed by atoms with van der Waals surface area (Å²) in [6.07, 6.45) is 2.86. The van der Waals surface area contributed by atoms with Gasteiger partial charge in [0.05, 0.1) is 39.1 Å². The average molecular weight is 933 g/mol. The summed E-state index contributed by atoms with van der Waals surface area (Å²) in [5, 5.41) is 44.3. The Hall–Kier alpha value is -4.77. The molecule has 4 aromatic heterocycles. The zero-order valence-electron chi connectivity index (χ0n) is 33.7. The number of amidine groups is 1. The molecule has 0 fully saturated rings. The lowest BCUT2D eigenvalue weighted by Crippen LogP contribution is -3.00. The molecular weight excluding hydrogens is 888 g/mol. The number of halogens is 7. The number of hydrogen-bond acceptors (Lipinski definition) is 10. The summed E-state index contributed by atoms with van der Waals surface area (Å²) in [5.74, 6) is 2.24. The van der Waals surface area contributed by atoms with E-state index < -0.39 is 11.6 Å². The fraction of sp³-hybridized carbons (Fsp3) is 0.316. The first-order valence-electron chi connectivity index (χ1n) is 17.5. The molecule has 324 valence electrons.